The van der Waals surface area contributed by atoms with E-state index < -0.39 is 0 Å². The van der Waals surface area contributed by atoms with E-state index in [4.69, 9.17) is 0 Å². The molecule has 1 saturated heterocycles. The fraction of sp³-hybridized carbons (Fsp3) is 0.529. The highest BCUT2D eigenvalue weighted by atomic mass is 127. The summed E-state index contributed by atoms with van der Waals surface area (Å²) in [5, 5.41) is 6.41. The number of piperazine rings is 1. The number of benzene rings is 1. The molecular formula is C17H26IN5O. The average molecular weight is 443 g/mol. The number of guanidine groups is 1. The van der Waals surface area contributed by atoms with Gasteiger partial charge in [0.25, 0.3) is 0 Å². The monoisotopic (exact) mass is 443 g/mol. The summed E-state index contributed by atoms with van der Waals surface area (Å²) in [6.45, 7) is 5.87. The number of nitrogens with one attached hydrogen (secondary N) is 2. The number of carbonyl (C=O) groups is 1. The van der Waals surface area contributed by atoms with Crippen LogP contribution in [-0.2, 0) is 4.79 Å². The maximum atomic E-state index is 12.3. The van der Waals surface area contributed by atoms with Crippen LogP contribution in [0.4, 0.5) is 5.69 Å². The third-order valence-electron chi connectivity index (χ3n) is 4.28. The van der Waals surface area contributed by atoms with Crippen molar-refractivity contribution >= 4 is 41.5 Å². The number of hydrogen-bond donors (Lipinski definition) is 2. The van der Waals surface area contributed by atoms with E-state index in [2.05, 4.69) is 44.8 Å². The molecule has 0 aliphatic carbocycles. The predicted molar refractivity (Wildman–Crippen MR) is 108 cm³/mol. The molecule has 1 fully saturated rings. The van der Waals surface area contributed by atoms with E-state index in [0.29, 0.717) is 13.0 Å². The molecule has 2 heterocycles. The molecule has 132 valence electrons. The molecule has 0 radical (unpaired) electrons. The highest BCUT2D eigenvalue weighted by Crippen LogP contribution is 2.15. The first-order valence-corrected chi connectivity index (χ1v) is 8.43. The lowest BCUT2D eigenvalue weighted by molar-refractivity contribution is -0.131. The minimum Gasteiger partial charge on any atom is -0.368 e. The van der Waals surface area contributed by atoms with Gasteiger partial charge in [0.1, 0.15) is 0 Å². The van der Waals surface area contributed by atoms with Gasteiger partial charge in [-0.2, -0.15) is 0 Å². The normalized spacial score (nSPS) is 17.4. The molecular weight excluding hydrogens is 417 g/mol. The van der Waals surface area contributed by atoms with Crippen LogP contribution < -0.4 is 15.5 Å². The van der Waals surface area contributed by atoms with Crippen molar-refractivity contribution in [3.63, 3.8) is 0 Å². The van der Waals surface area contributed by atoms with E-state index in [9.17, 15) is 4.79 Å². The zero-order valence-electron chi connectivity index (χ0n) is 13.9. The van der Waals surface area contributed by atoms with Gasteiger partial charge in [0.2, 0.25) is 5.91 Å². The van der Waals surface area contributed by atoms with Gasteiger partial charge in [0.15, 0.2) is 5.96 Å². The maximum absolute atomic E-state index is 12.3. The Kier molecular flexibility index (Phi) is 7.61. The summed E-state index contributed by atoms with van der Waals surface area (Å²) in [5.41, 5.74) is 1.24. The lowest BCUT2D eigenvalue weighted by Crippen LogP contribution is -2.49. The van der Waals surface area contributed by atoms with Gasteiger partial charge in [-0.15, -0.1) is 24.0 Å². The molecule has 0 spiro atoms. The Morgan fingerprint density at radius 3 is 2.58 bits per heavy atom. The number of amides is 1. The third kappa shape index (κ3) is 5.25. The lowest BCUT2D eigenvalue weighted by Gasteiger charge is -2.36. The van der Waals surface area contributed by atoms with E-state index >= 15 is 0 Å². The van der Waals surface area contributed by atoms with E-state index in [-0.39, 0.29) is 29.9 Å². The lowest BCUT2D eigenvalue weighted by atomic mass is 10.2. The maximum Gasteiger partial charge on any atom is 0.224 e. The second-order valence-corrected chi connectivity index (χ2v) is 5.89. The first-order valence-electron chi connectivity index (χ1n) is 8.43. The summed E-state index contributed by atoms with van der Waals surface area (Å²) in [6.07, 6.45) is 1.60. The molecule has 24 heavy (non-hydrogen) atoms. The van der Waals surface area contributed by atoms with Crippen molar-refractivity contribution in [1.29, 1.82) is 0 Å². The Balaban J connectivity index is 0.00000208. The quantitative estimate of drug-likeness (QED) is 0.689. The smallest absolute Gasteiger partial charge is 0.224 e. The summed E-state index contributed by atoms with van der Waals surface area (Å²) >= 11 is 0. The topological polar surface area (TPSA) is 60.0 Å². The SMILES string of the molecule is I.O=C(CCNC1=NCCCN1)N1CCN(c2ccccc2)CC1. The molecule has 0 unspecified atom stereocenters. The second kappa shape index (κ2) is 9.71. The Labute approximate surface area is 160 Å². The van der Waals surface area contributed by atoms with Crippen LogP contribution in [0.5, 0.6) is 0 Å². The van der Waals surface area contributed by atoms with Gasteiger partial charge in [-0.3, -0.25) is 9.79 Å². The Bertz CT molecular complexity index is 543. The fourth-order valence-electron chi connectivity index (χ4n) is 2.95. The molecule has 1 aromatic rings. The molecule has 2 aliphatic rings. The van der Waals surface area contributed by atoms with E-state index in [1.165, 1.54) is 5.69 Å². The van der Waals surface area contributed by atoms with Gasteiger partial charge in [-0.05, 0) is 18.6 Å². The van der Waals surface area contributed by atoms with Gasteiger partial charge in [0, 0.05) is 57.9 Å². The predicted octanol–water partition coefficient (Wildman–Crippen LogP) is 1.28. The second-order valence-electron chi connectivity index (χ2n) is 5.89. The van der Waals surface area contributed by atoms with E-state index in [1.54, 1.807) is 0 Å². The van der Waals surface area contributed by atoms with Crippen LogP contribution in [-0.4, -0.2) is 62.6 Å². The Hall–Kier alpha value is -1.51. The van der Waals surface area contributed by atoms with Crippen molar-refractivity contribution in [2.24, 2.45) is 4.99 Å². The van der Waals surface area contributed by atoms with Crippen LogP contribution in [0.25, 0.3) is 0 Å². The number of anilines is 1. The van der Waals surface area contributed by atoms with Crippen LogP contribution in [0.3, 0.4) is 0 Å². The first-order chi connectivity index (χ1) is 11.3. The average Bonchev–Trinajstić information content (AvgIpc) is 2.63. The largest absolute Gasteiger partial charge is 0.368 e. The molecule has 6 nitrogen and oxygen atoms in total. The van der Waals surface area contributed by atoms with Crippen LogP contribution in [0.2, 0.25) is 0 Å². The summed E-state index contributed by atoms with van der Waals surface area (Å²) in [6, 6.07) is 10.4. The molecule has 0 saturated carbocycles. The molecule has 7 heteroatoms. The number of halogens is 1. The zero-order chi connectivity index (χ0) is 15.9. The number of hydrogen-bond acceptors (Lipinski definition) is 5. The highest BCUT2D eigenvalue weighted by Gasteiger charge is 2.20. The van der Waals surface area contributed by atoms with Crippen LogP contribution in [0.1, 0.15) is 12.8 Å². The van der Waals surface area contributed by atoms with Gasteiger partial charge in [-0.25, -0.2) is 0 Å². The summed E-state index contributed by atoms with van der Waals surface area (Å²) in [5.74, 6) is 1.06. The molecule has 0 atom stereocenters. The standard InChI is InChI=1S/C17H25N5O.HI/c23-16(7-10-20-17-18-8-4-9-19-17)22-13-11-21(12-14-22)15-5-2-1-3-6-15;/h1-3,5-6H,4,7-14H2,(H2,18,19,20);1H. The summed E-state index contributed by atoms with van der Waals surface area (Å²) in [7, 11) is 0. The Morgan fingerprint density at radius 1 is 1.17 bits per heavy atom. The molecule has 0 aromatic heterocycles. The number of nitrogens with zero attached hydrogens (tertiary/aromatic N) is 3. The van der Waals surface area contributed by atoms with Crippen molar-refractivity contribution in [3.8, 4) is 0 Å². The van der Waals surface area contributed by atoms with Gasteiger partial charge in [0.05, 0.1) is 0 Å². The van der Waals surface area contributed by atoms with Crippen molar-refractivity contribution in [3.05, 3.63) is 30.3 Å². The van der Waals surface area contributed by atoms with Crippen molar-refractivity contribution in [1.82, 2.24) is 15.5 Å². The van der Waals surface area contributed by atoms with Gasteiger partial charge in [-0.1, -0.05) is 18.2 Å². The molecule has 1 amide bonds. The zero-order valence-corrected chi connectivity index (χ0v) is 16.2. The number of para-hydroxylation sites is 1. The summed E-state index contributed by atoms with van der Waals surface area (Å²) < 4.78 is 0. The Morgan fingerprint density at radius 2 is 1.92 bits per heavy atom. The molecule has 2 aliphatic heterocycles. The first kappa shape index (κ1) is 18.8. The van der Waals surface area contributed by atoms with Crippen LogP contribution in [0.15, 0.2) is 35.3 Å². The van der Waals surface area contributed by atoms with Gasteiger partial charge < -0.3 is 20.4 Å². The van der Waals surface area contributed by atoms with Crippen molar-refractivity contribution in [2.45, 2.75) is 12.8 Å². The molecule has 0 bridgehead atoms. The van der Waals surface area contributed by atoms with Crippen molar-refractivity contribution < 1.29 is 4.79 Å². The highest BCUT2D eigenvalue weighted by molar-refractivity contribution is 14.0. The minimum absolute atomic E-state index is 0. The fourth-order valence-corrected chi connectivity index (χ4v) is 2.95. The number of rotatable bonds is 4. The van der Waals surface area contributed by atoms with Crippen molar-refractivity contribution in [2.75, 3.05) is 50.7 Å². The molecule has 3 rings (SSSR count). The van der Waals surface area contributed by atoms with Crippen LogP contribution >= 0.6 is 24.0 Å². The molecule has 2 N–H and O–H groups in total. The third-order valence-corrected chi connectivity index (χ3v) is 4.28. The minimum atomic E-state index is 0. The number of carbonyl (C=O) groups excluding carboxylic acids is 1. The van der Waals surface area contributed by atoms with Gasteiger partial charge >= 0.3 is 0 Å². The summed E-state index contributed by atoms with van der Waals surface area (Å²) in [4.78, 5) is 20.9. The van der Waals surface area contributed by atoms with E-state index in [1.807, 2.05) is 11.0 Å². The van der Waals surface area contributed by atoms with E-state index in [0.717, 1.165) is 51.6 Å². The molecule has 1 aromatic carbocycles. The number of aliphatic imine (C=N–C) groups is 1. The van der Waals surface area contributed by atoms with Crippen LogP contribution in [0, 0.1) is 0 Å².